The third kappa shape index (κ3) is 9.40. The summed E-state index contributed by atoms with van der Waals surface area (Å²) in [5.74, 6) is -0.661. The smallest absolute Gasteiger partial charge is 0.408 e. The first-order chi connectivity index (χ1) is 16.5. The Bertz CT molecular complexity index is 1050. The molecule has 0 aliphatic carbocycles. The number of rotatable bonds is 11. The number of esters is 1. The van der Waals surface area contributed by atoms with E-state index in [4.69, 9.17) is 9.47 Å². The van der Waals surface area contributed by atoms with Gasteiger partial charge in [0.1, 0.15) is 36.0 Å². The second-order valence-electron chi connectivity index (χ2n) is 8.75. The molecule has 0 radical (unpaired) electrons. The van der Waals surface area contributed by atoms with E-state index in [1.807, 2.05) is 6.07 Å². The van der Waals surface area contributed by atoms with Crippen LogP contribution in [0.3, 0.4) is 0 Å². The standard InChI is InChI=1S/C24H30N4O7/c1-24(2,3)35-23(31)27-20(22(30)34-15-16-8-6-5-7-9-16)11-10-19(29)13-17-12-18(28(32)33)14-26-21(17)25-4/h5-9,12,14,20H,10-11,13,15H2,1-4H3,(H,25,26)(H,27,31)/t20-/m0/s1. The Labute approximate surface area is 203 Å². The monoisotopic (exact) mass is 486 g/mol. The highest BCUT2D eigenvalue weighted by Gasteiger charge is 2.26. The molecule has 0 spiro atoms. The van der Waals surface area contributed by atoms with Gasteiger partial charge in [-0.05, 0) is 32.8 Å². The number of nitrogens with zero attached hydrogens (tertiary/aromatic N) is 2. The summed E-state index contributed by atoms with van der Waals surface area (Å²) >= 11 is 0. The zero-order valence-corrected chi connectivity index (χ0v) is 20.2. The number of Topliss-reactive ketones (excluding diaryl/α,β-unsaturated/α-hetero) is 1. The van der Waals surface area contributed by atoms with E-state index in [-0.39, 0.29) is 37.3 Å². The fourth-order valence-electron chi connectivity index (χ4n) is 3.09. The van der Waals surface area contributed by atoms with E-state index in [0.29, 0.717) is 11.4 Å². The van der Waals surface area contributed by atoms with Gasteiger partial charge in [0, 0.05) is 31.5 Å². The Morgan fingerprint density at radius 2 is 1.86 bits per heavy atom. The Kier molecular flexibility index (Phi) is 9.68. The molecule has 0 aliphatic rings. The van der Waals surface area contributed by atoms with Gasteiger partial charge in [-0.3, -0.25) is 14.9 Å². The number of hydrogen-bond donors (Lipinski definition) is 2. The summed E-state index contributed by atoms with van der Waals surface area (Å²) in [7, 11) is 1.59. The summed E-state index contributed by atoms with van der Waals surface area (Å²) in [6.45, 7) is 5.06. The molecule has 188 valence electrons. The highest BCUT2D eigenvalue weighted by atomic mass is 16.6. The molecule has 0 unspecified atom stereocenters. The molecule has 1 amide bonds. The summed E-state index contributed by atoms with van der Waals surface area (Å²) in [6, 6.07) is 9.19. The van der Waals surface area contributed by atoms with Crippen molar-refractivity contribution in [2.75, 3.05) is 12.4 Å². The van der Waals surface area contributed by atoms with Crippen molar-refractivity contribution in [1.29, 1.82) is 0 Å². The summed E-state index contributed by atoms with van der Waals surface area (Å²) < 4.78 is 10.6. The lowest BCUT2D eigenvalue weighted by molar-refractivity contribution is -0.385. The Balaban J connectivity index is 2.07. The highest BCUT2D eigenvalue weighted by Crippen LogP contribution is 2.20. The summed E-state index contributed by atoms with van der Waals surface area (Å²) in [6.07, 6.45) is 0.0224. The van der Waals surface area contributed by atoms with Gasteiger partial charge in [-0.2, -0.15) is 0 Å². The van der Waals surface area contributed by atoms with Gasteiger partial charge in [0.2, 0.25) is 0 Å². The first-order valence-electron chi connectivity index (χ1n) is 11.0. The van der Waals surface area contributed by atoms with E-state index in [2.05, 4.69) is 15.6 Å². The first-order valence-corrected chi connectivity index (χ1v) is 11.0. The third-order valence-electron chi connectivity index (χ3n) is 4.70. The number of hydrogen-bond acceptors (Lipinski definition) is 9. The van der Waals surface area contributed by atoms with Crippen LogP contribution in [0.1, 0.15) is 44.7 Å². The number of ether oxygens (including phenoxy) is 2. The number of benzene rings is 1. The van der Waals surface area contributed by atoms with Crippen LogP contribution in [-0.2, 0) is 32.1 Å². The largest absolute Gasteiger partial charge is 0.459 e. The van der Waals surface area contributed by atoms with Crippen molar-refractivity contribution < 1.29 is 28.8 Å². The van der Waals surface area contributed by atoms with Crippen LogP contribution in [0, 0.1) is 10.1 Å². The van der Waals surface area contributed by atoms with Gasteiger partial charge >= 0.3 is 12.1 Å². The quantitative estimate of drug-likeness (QED) is 0.276. The minimum absolute atomic E-state index is 0.00496. The maximum Gasteiger partial charge on any atom is 0.408 e. The van der Waals surface area contributed by atoms with Gasteiger partial charge < -0.3 is 20.1 Å². The van der Waals surface area contributed by atoms with Crippen LogP contribution in [0.15, 0.2) is 42.6 Å². The molecule has 1 aromatic carbocycles. The van der Waals surface area contributed by atoms with Crippen molar-refractivity contribution in [3.05, 3.63) is 63.8 Å². The summed E-state index contributed by atoms with van der Waals surface area (Å²) in [5.41, 5.74) is 0.109. The molecule has 11 nitrogen and oxygen atoms in total. The van der Waals surface area contributed by atoms with E-state index < -0.39 is 28.6 Å². The van der Waals surface area contributed by atoms with Crippen LogP contribution in [0.5, 0.6) is 0 Å². The minimum atomic E-state index is -1.12. The van der Waals surface area contributed by atoms with E-state index in [1.54, 1.807) is 52.1 Å². The minimum Gasteiger partial charge on any atom is -0.459 e. The third-order valence-corrected chi connectivity index (χ3v) is 4.70. The van der Waals surface area contributed by atoms with Crippen LogP contribution in [-0.4, -0.2) is 46.4 Å². The predicted octanol–water partition coefficient (Wildman–Crippen LogP) is 3.56. The molecule has 1 aromatic heterocycles. The van der Waals surface area contributed by atoms with E-state index in [1.165, 1.54) is 6.07 Å². The van der Waals surface area contributed by atoms with Gasteiger partial charge in [0.05, 0.1) is 4.92 Å². The molecular weight excluding hydrogens is 456 g/mol. The Morgan fingerprint density at radius 3 is 2.46 bits per heavy atom. The molecule has 0 aliphatic heterocycles. The zero-order chi connectivity index (χ0) is 26.0. The molecule has 1 heterocycles. The number of anilines is 1. The molecule has 0 fully saturated rings. The number of carbonyl (C=O) groups is 3. The van der Waals surface area contributed by atoms with Gasteiger partial charge in [0.15, 0.2) is 0 Å². The van der Waals surface area contributed by atoms with Gasteiger partial charge in [0.25, 0.3) is 5.69 Å². The average molecular weight is 487 g/mol. The lowest BCUT2D eigenvalue weighted by Crippen LogP contribution is -2.44. The van der Waals surface area contributed by atoms with Crippen LogP contribution >= 0.6 is 0 Å². The fraction of sp³-hybridized carbons (Fsp3) is 0.417. The van der Waals surface area contributed by atoms with Crippen LogP contribution < -0.4 is 10.6 Å². The van der Waals surface area contributed by atoms with Crippen LogP contribution in [0.2, 0.25) is 0 Å². The van der Waals surface area contributed by atoms with Gasteiger partial charge in [-0.15, -0.1) is 0 Å². The first kappa shape index (κ1) is 27.2. The van der Waals surface area contributed by atoms with Gasteiger partial charge in [-0.1, -0.05) is 30.3 Å². The lowest BCUT2D eigenvalue weighted by atomic mass is 10.0. The number of nitrogens with one attached hydrogen (secondary N) is 2. The van der Waals surface area contributed by atoms with Crippen molar-refractivity contribution in [3.8, 4) is 0 Å². The molecule has 2 aromatic rings. The second-order valence-corrected chi connectivity index (χ2v) is 8.75. The van der Waals surface area contributed by atoms with E-state index in [9.17, 15) is 24.5 Å². The maximum atomic E-state index is 12.7. The summed E-state index contributed by atoms with van der Waals surface area (Å²) in [4.78, 5) is 52.1. The predicted molar refractivity (Wildman–Crippen MR) is 128 cm³/mol. The van der Waals surface area contributed by atoms with Crippen molar-refractivity contribution in [2.45, 2.75) is 58.3 Å². The van der Waals surface area contributed by atoms with Crippen molar-refractivity contribution in [2.24, 2.45) is 0 Å². The molecule has 0 saturated heterocycles. The topological polar surface area (TPSA) is 150 Å². The molecule has 0 saturated carbocycles. The van der Waals surface area contributed by atoms with Crippen LogP contribution in [0.4, 0.5) is 16.3 Å². The number of nitro groups is 1. The lowest BCUT2D eigenvalue weighted by Gasteiger charge is -2.23. The SMILES string of the molecule is CNc1ncc([N+](=O)[O-])cc1CC(=O)CC[C@H](NC(=O)OC(C)(C)C)C(=O)OCc1ccccc1. The Hall–Kier alpha value is -4.02. The Morgan fingerprint density at radius 1 is 1.17 bits per heavy atom. The normalized spacial score (nSPS) is 11.8. The summed E-state index contributed by atoms with van der Waals surface area (Å²) in [5, 5.41) is 16.3. The zero-order valence-electron chi connectivity index (χ0n) is 20.2. The van der Waals surface area contributed by atoms with E-state index in [0.717, 1.165) is 11.8 Å². The van der Waals surface area contributed by atoms with Crippen molar-refractivity contribution in [3.63, 3.8) is 0 Å². The van der Waals surface area contributed by atoms with Gasteiger partial charge in [-0.25, -0.2) is 14.6 Å². The number of alkyl carbamates (subject to hydrolysis) is 1. The van der Waals surface area contributed by atoms with Crippen LogP contribution in [0.25, 0.3) is 0 Å². The molecular formula is C24H30N4O7. The van der Waals surface area contributed by atoms with Crippen molar-refractivity contribution in [1.82, 2.24) is 10.3 Å². The molecule has 2 rings (SSSR count). The molecule has 35 heavy (non-hydrogen) atoms. The molecule has 2 N–H and O–H groups in total. The number of pyridine rings is 1. The average Bonchev–Trinajstić information content (AvgIpc) is 2.79. The second kappa shape index (κ2) is 12.4. The van der Waals surface area contributed by atoms with E-state index >= 15 is 0 Å². The molecule has 0 bridgehead atoms. The number of amides is 1. The number of aromatic nitrogens is 1. The fourth-order valence-corrected chi connectivity index (χ4v) is 3.09. The molecule has 1 atom stereocenters. The van der Waals surface area contributed by atoms with Crippen molar-refractivity contribution >= 4 is 29.4 Å². The number of carbonyl (C=O) groups excluding carboxylic acids is 3. The number of ketones is 1. The maximum absolute atomic E-state index is 12.7. The molecule has 11 heteroatoms. The highest BCUT2D eigenvalue weighted by molar-refractivity contribution is 5.85.